The molecule has 0 aromatic carbocycles. The Hall–Kier alpha value is -1.98. The molecule has 0 aliphatic rings. The molecule has 6 nitrogen and oxygen atoms in total. The second-order valence-corrected chi connectivity index (χ2v) is 3.84. The number of nitrogens with zero attached hydrogens (tertiary/aromatic N) is 1. The third kappa shape index (κ3) is 2.77. The number of nitrogens with one attached hydrogen (secondary N) is 2. The smallest absolute Gasteiger partial charge is 0.330 e. The SMILES string of the molecule is C=CC(C)Nc1c(N)n(CCC)c(=O)[nH]c1=O. The third-order valence-electron chi connectivity index (χ3n) is 2.41. The maximum atomic E-state index is 11.6. The summed E-state index contributed by atoms with van der Waals surface area (Å²) >= 11 is 0. The topological polar surface area (TPSA) is 92.9 Å². The molecule has 6 heteroatoms. The van der Waals surface area contributed by atoms with Crippen molar-refractivity contribution in [3.8, 4) is 0 Å². The molecule has 0 radical (unpaired) electrons. The molecule has 1 heterocycles. The van der Waals surface area contributed by atoms with Crippen LogP contribution in [0.25, 0.3) is 0 Å². The van der Waals surface area contributed by atoms with Crippen molar-refractivity contribution in [3.63, 3.8) is 0 Å². The van der Waals surface area contributed by atoms with Crippen LogP contribution in [0, 0.1) is 0 Å². The van der Waals surface area contributed by atoms with E-state index in [-0.39, 0.29) is 17.5 Å². The van der Waals surface area contributed by atoms with Gasteiger partial charge in [0.15, 0.2) is 0 Å². The minimum atomic E-state index is -0.506. The van der Waals surface area contributed by atoms with Gasteiger partial charge in [0.25, 0.3) is 5.56 Å². The van der Waals surface area contributed by atoms with Crippen molar-refractivity contribution in [2.45, 2.75) is 32.9 Å². The van der Waals surface area contributed by atoms with E-state index in [1.807, 2.05) is 13.8 Å². The first kappa shape index (κ1) is 13.1. The fourth-order valence-corrected chi connectivity index (χ4v) is 1.46. The monoisotopic (exact) mass is 238 g/mol. The average Bonchev–Trinajstić information content (AvgIpc) is 2.29. The average molecular weight is 238 g/mol. The predicted molar refractivity (Wildman–Crippen MR) is 69.3 cm³/mol. The molecule has 0 amide bonds. The molecule has 0 bridgehead atoms. The van der Waals surface area contributed by atoms with E-state index in [0.717, 1.165) is 6.42 Å². The van der Waals surface area contributed by atoms with Crippen LogP contribution in [-0.4, -0.2) is 15.6 Å². The van der Waals surface area contributed by atoms with E-state index in [4.69, 9.17) is 5.73 Å². The lowest BCUT2D eigenvalue weighted by Gasteiger charge is -2.15. The van der Waals surface area contributed by atoms with E-state index in [9.17, 15) is 9.59 Å². The highest BCUT2D eigenvalue weighted by Gasteiger charge is 2.12. The molecule has 17 heavy (non-hydrogen) atoms. The van der Waals surface area contributed by atoms with Crippen LogP contribution in [0.1, 0.15) is 20.3 Å². The van der Waals surface area contributed by atoms with Gasteiger partial charge in [0, 0.05) is 12.6 Å². The Kier molecular flexibility index (Phi) is 4.14. The molecule has 1 rings (SSSR count). The number of hydrogen-bond donors (Lipinski definition) is 3. The van der Waals surface area contributed by atoms with E-state index in [2.05, 4.69) is 16.9 Å². The first-order valence-corrected chi connectivity index (χ1v) is 5.53. The molecular formula is C11H18N4O2. The molecule has 1 aromatic heterocycles. The molecule has 0 aliphatic heterocycles. The van der Waals surface area contributed by atoms with E-state index >= 15 is 0 Å². The summed E-state index contributed by atoms with van der Waals surface area (Å²) < 4.78 is 1.35. The van der Waals surface area contributed by atoms with Gasteiger partial charge >= 0.3 is 5.69 Å². The number of hydrogen-bond acceptors (Lipinski definition) is 4. The first-order chi connectivity index (χ1) is 8.01. The van der Waals surface area contributed by atoms with E-state index in [0.29, 0.717) is 6.54 Å². The Balaban J connectivity index is 3.30. The van der Waals surface area contributed by atoms with Gasteiger partial charge in [-0.3, -0.25) is 14.3 Å². The van der Waals surface area contributed by atoms with Gasteiger partial charge in [-0.25, -0.2) is 4.79 Å². The van der Waals surface area contributed by atoms with Gasteiger partial charge in [0.2, 0.25) is 0 Å². The number of nitrogen functional groups attached to an aromatic ring is 1. The van der Waals surface area contributed by atoms with E-state index in [1.165, 1.54) is 4.57 Å². The zero-order valence-electron chi connectivity index (χ0n) is 10.1. The van der Waals surface area contributed by atoms with Crippen molar-refractivity contribution in [2.75, 3.05) is 11.1 Å². The van der Waals surface area contributed by atoms with Crippen molar-refractivity contribution in [2.24, 2.45) is 0 Å². The Bertz CT molecular complexity index is 515. The molecule has 94 valence electrons. The first-order valence-electron chi connectivity index (χ1n) is 5.53. The number of aromatic amines is 1. The molecule has 0 spiro atoms. The fourth-order valence-electron chi connectivity index (χ4n) is 1.46. The maximum absolute atomic E-state index is 11.6. The fraction of sp³-hybridized carbons (Fsp3) is 0.455. The second kappa shape index (κ2) is 5.38. The Labute approximate surface area is 99.2 Å². The molecule has 0 fully saturated rings. The standard InChI is InChI=1S/C11H18N4O2/c1-4-6-15-9(12)8(13-7(3)5-2)10(16)14-11(15)17/h5,7,13H,2,4,6,12H2,1,3H3,(H,14,16,17). The van der Waals surface area contributed by atoms with Crippen molar-refractivity contribution >= 4 is 11.5 Å². The van der Waals surface area contributed by atoms with Crippen LogP contribution >= 0.6 is 0 Å². The molecule has 0 saturated carbocycles. The van der Waals surface area contributed by atoms with Crippen LogP contribution < -0.4 is 22.3 Å². The summed E-state index contributed by atoms with van der Waals surface area (Å²) in [6.07, 6.45) is 2.40. The maximum Gasteiger partial charge on any atom is 0.330 e. The molecule has 1 aromatic rings. The van der Waals surface area contributed by atoms with Crippen LogP contribution in [0.3, 0.4) is 0 Å². The zero-order valence-corrected chi connectivity index (χ0v) is 10.1. The molecule has 1 atom stereocenters. The van der Waals surface area contributed by atoms with Crippen molar-refractivity contribution in [3.05, 3.63) is 33.5 Å². The number of H-pyrrole nitrogens is 1. The number of nitrogens with two attached hydrogens (primary N) is 1. The Morgan fingerprint density at radius 3 is 2.76 bits per heavy atom. The van der Waals surface area contributed by atoms with Gasteiger partial charge in [-0.05, 0) is 13.3 Å². The summed E-state index contributed by atoms with van der Waals surface area (Å²) in [4.78, 5) is 25.4. The lowest BCUT2D eigenvalue weighted by molar-refractivity contribution is 0.642. The van der Waals surface area contributed by atoms with Gasteiger partial charge in [-0.15, -0.1) is 6.58 Å². The van der Waals surface area contributed by atoms with Crippen molar-refractivity contribution in [1.29, 1.82) is 0 Å². The molecule has 0 saturated heterocycles. The van der Waals surface area contributed by atoms with Crippen LogP contribution in [-0.2, 0) is 6.54 Å². The van der Waals surface area contributed by atoms with Gasteiger partial charge in [0.1, 0.15) is 11.5 Å². The Morgan fingerprint density at radius 2 is 2.24 bits per heavy atom. The van der Waals surface area contributed by atoms with Gasteiger partial charge in [-0.2, -0.15) is 0 Å². The molecule has 1 unspecified atom stereocenters. The van der Waals surface area contributed by atoms with Gasteiger partial charge in [0.05, 0.1) is 0 Å². The molecule has 4 N–H and O–H groups in total. The summed E-state index contributed by atoms with van der Waals surface area (Å²) in [6, 6.07) is -0.106. The lowest BCUT2D eigenvalue weighted by atomic mass is 10.3. The lowest BCUT2D eigenvalue weighted by Crippen LogP contribution is -2.35. The van der Waals surface area contributed by atoms with Gasteiger partial charge < -0.3 is 11.1 Å². The highest BCUT2D eigenvalue weighted by Crippen LogP contribution is 2.11. The highest BCUT2D eigenvalue weighted by molar-refractivity contribution is 5.61. The van der Waals surface area contributed by atoms with Crippen LogP contribution in [0.2, 0.25) is 0 Å². The summed E-state index contributed by atoms with van der Waals surface area (Å²) in [7, 11) is 0. The van der Waals surface area contributed by atoms with Crippen LogP contribution in [0.5, 0.6) is 0 Å². The van der Waals surface area contributed by atoms with Crippen LogP contribution in [0.4, 0.5) is 11.5 Å². The van der Waals surface area contributed by atoms with Crippen molar-refractivity contribution < 1.29 is 0 Å². The quantitative estimate of drug-likeness (QED) is 0.652. The summed E-state index contributed by atoms with van der Waals surface area (Å²) in [6.45, 7) is 7.84. The minimum Gasteiger partial charge on any atom is -0.383 e. The normalized spacial score (nSPS) is 12.1. The van der Waals surface area contributed by atoms with E-state index in [1.54, 1.807) is 6.08 Å². The third-order valence-corrected chi connectivity index (χ3v) is 2.41. The van der Waals surface area contributed by atoms with Crippen molar-refractivity contribution in [1.82, 2.24) is 9.55 Å². The number of anilines is 2. The summed E-state index contributed by atoms with van der Waals surface area (Å²) in [5.41, 5.74) is 5.05. The molecular weight excluding hydrogens is 220 g/mol. The summed E-state index contributed by atoms with van der Waals surface area (Å²) in [5.74, 6) is 0.161. The van der Waals surface area contributed by atoms with Crippen LogP contribution in [0.15, 0.2) is 22.2 Å². The molecule has 0 aliphatic carbocycles. The number of rotatable bonds is 5. The predicted octanol–water partition coefficient (Wildman–Crippen LogP) is 0.515. The Morgan fingerprint density at radius 1 is 1.59 bits per heavy atom. The summed E-state index contributed by atoms with van der Waals surface area (Å²) in [5, 5.41) is 2.91. The second-order valence-electron chi connectivity index (χ2n) is 3.84. The van der Waals surface area contributed by atoms with E-state index < -0.39 is 11.2 Å². The number of aromatic nitrogens is 2. The highest BCUT2D eigenvalue weighted by atomic mass is 16.2. The minimum absolute atomic E-state index is 0.106. The largest absolute Gasteiger partial charge is 0.383 e. The zero-order chi connectivity index (χ0) is 13.0. The van der Waals surface area contributed by atoms with Gasteiger partial charge in [-0.1, -0.05) is 13.0 Å².